The number of barbiturate groups is 1. The van der Waals surface area contributed by atoms with Crippen LogP contribution in [0.4, 0.5) is 10.5 Å². The number of para-hydroxylation sites is 1. The Morgan fingerprint density at radius 3 is 2.26 bits per heavy atom. The molecular weight excluding hydrogens is 426 g/mol. The standard InChI is InChI=1S/C28H23N3O3/c1-17-8-4-7-11-25(17)31-27(33)24(26(32)29-28(31)34)16-22-14-18(2)30(19(22)3)23-13-12-20-9-5-6-10-21(20)15-23/h4-16H,1-3H3,(H,29,32,34)/b24-16+. The molecular formula is C28H23N3O3. The van der Waals surface area contributed by atoms with Crippen LogP contribution in [0.15, 0.2) is 78.4 Å². The molecule has 0 spiro atoms. The van der Waals surface area contributed by atoms with Crippen molar-refractivity contribution in [2.24, 2.45) is 0 Å². The van der Waals surface area contributed by atoms with Crippen LogP contribution in [0.25, 0.3) is 22.5 Å². The maximum Gasteiger partial charge on any atom is 0.335 e. The van der Waals surface area contributed by atoms with Gasteiger partial charge in [-0.15, -0.1) is 0 Å². The third-order valence-electron chi connectivity index (χ3n) is 6.22. The number of nitrogens with one attached hydrogen (secondary N) is 1. The number of hydrogen-bond acceptors (Lipinski definition) is 3. The van der Waals surface area contributed by atoms with E-state index in [1.807, 2.05) is 51.1 Å². The Kier molecular flexibility index (Phi) is 5.13. The van der Waals surface area contributed by atoms with E-state index in [2.05, 4.69) is 40.2 Å². The van der Waals surface area contributed by atoms with E-state index in [1.165, 1.54) is 0 Å². The van der Waals surface area contributed by atoms with Gasteiger partial charge in [0.1, 0.15) is 5.57 Å². The van der Waals surface area contributed by atoms with E-state index in [0.29, 0.717) is 5.69 Å². The zero-order valence-corrected chi connectivity index (χ0v) is 19.1. The van der Waals surface area contributed by atoms with E-state index in [0.717, 1.165) is 43.9 Å². The lowest BCUT2D eigenvalue weighted by Crippen LogP contribution is -2.54. The van der Waals surface area contributed by atoms with Crippen LogP contribution in [-0.2, 0) is 9.59 Å². The molecule has 4 aromatic rings. The maximum absolute atomic E-state index is 13.3. The number of fused-ring (bicyclic) bond motifs is 1. The van der Waals surface area contributed by atoms with Gasteiger partial charge >= 0.3 is 6.03 Å². The average Bonchev–Trinajstić information content (AvgIpc) is 3.10. The largest absolute Gasteiger partial charge is 0.335 e. The Hall–Kier alpha value is -4.45. The normalized spacial score (nSPS) is 15.3. The molecule has 0 atom stereocenters. The first-order valence-corrected chi connectivity index (χ1v) is 11.0. The van der Waals surface area contributed by atoms with Crippen LogP contribution >= 0.6 is 0 Å². The minimum Gasteiger partial charge on any atom is -0.318 e. The van der Waals surface area contributed by atoms with Gasteiger partial charge < -0.3 is 4.57 Å². The number of carbonyl (C=O) groups is 3. The number of aryl methyl sites for hydroxylation is 2. The number of urea groups is 1. The zero-order chi connectivity index (χ0) is 24.0. The fourth-order valence-corrected chi connectivity index (χ4v) is 4.49. The monoisotopic (exact) mass is 449 g/mol. The lowest BCUT2D eigenvalue weighted by molar-refractivity contribution is -0.122. The third-order valence-corrected chi connectivity index (χ3v) is 6.22. The second kappa shape index (κ2) is 8.15. The number of benzene rings is 3. The van der Waals surface area contributed by atoms with Gasteiger partial charge in [-0.1, -0.05) is 48.5 Å². The molecule has 1 aromatic heterocycles. The Morgan fingerprint density at radius 2 is 1.50 bits per heavy atom. The van der Waals surface area contributed by atoms with E-state index in [-0.39, 0.29) is 5.57 Å². The van der Waals surface area contributed by atoms with Crippen molar-refractivity contribution in [2.45, 2.75) is 20.8 Å². The Labute approximate surface area is 197 Å². The van der Waals surface area contributed by atoms with Gasteiger partial charge in [0, 0.05) is 17.1 Å². The van der Waals surface area contributed by atoms with E-state index < -0.39 is 17.8 Å². The van der Waals surface area contributed by atoms with Gasteiger partial charge in [-0.25, -0.2) is 9.69 Å². The first-order chi connectivity index (χ1) is 16.3. The second-order valence-corrected chi connectivity index (χ2v) is 8.44. The first kappa shape index (κ1) is 21.4. The van der Waals surface area contributed by atoms with Crippen molar-refractivity contribution < 1.29 is 14.4 Å². The second-order valence-electron chi connectivity index (χ2n) is 8.44. The summed E-state index contributed by atoms with van der Waals surface area (Å²) in [6.07, 6.45) is 1.56. The van der Waals surface area contributed by atoms with Gasteiger partial charge in [-0.05, 0) is 73.0 Å². The van der Waals surface area contributed by atoms with Gasteiger partial charge in [0.2, 0.25) is 0 Å². The Morgan fingerprint density at radius 1 is 0.794 bits per heavy atom. The molecule has 1 aliphatic heterocycles. The number of carbonyl (C=O) groups excluding carboxylic acids is 3. The highest BCUT2D eigenvalue weighted by atomic mass is 16.2. The average molecular weight is 450 g/mol. The van der Waals surface area contributed by atoms with Crippen molar-refractivity contribution >= 4 is 40.4 Å². The molecule has 6 nitrogen and oxygen atoms in total. The molecule has 0 aliphatic carbocycles. The van der Waals surface area contributed by atoms with Crippen LogP contribution in [0, 0.1) is 20.8 Å². The minimum atomic E-state index is -0.747. The predicted molar refractivity (Wildman–Crippen MR) is 133 cm³/mol. The van der Waals surface area contributed by atoms with Crippen LogP contribution in [0.1, 0.15) is 22.5 Å². The summed E-state index contributed by atoms with van der Waals surface area (Å²) in [5.41, 5.74) is 4.72. The van der Waals surface area contributed by atoms with Crippen LogP contribution in [0.5, 0.6) is 0 Å². The number of imide groups is 2. The first-order valence-electron chi connectivity index (χ1n) is 11.0. The SMILES string of the molecule is Cc1ccccc1N1C(=O)NC(=O)/C(=C\c2cc(C)n(-c3ccc4ccccc4c3)c2C)C1=O. The van der Waals surface area contributed by atoms with E-state index in [9.17, 15) is 14.4 Å². The molecule has 0 radical (unpaired) electrons. The van der Waals surface area contributed by atoms with E-state index in [4.69, 9.17) is 0 Å². The molecule has 0 unspecified atom stereocenters. The minimum absolute atomic E-state index is 0.0818. The highest BCUT2D eigenvalue weighted by Crippen LogP contribution is 2.28. The molecule has 3 aromatic carbocycles. The van der Waals surface area contributed by atoms with Gasteiger partial charge in [0.15, 0.2) is 0 Å². The quantitative estimate of drug-likeness (QED) is 0.344. The molecule has 0 saturated carbocycles. The molecule has 1 saturated heterocycles. The van der Waals surface area contributed by atoms with Crippen LogP contribution in [0.2, 0.25) is 0 Å². The molecule has 1 fully saturated rings. The lowest BCUT2D eigenvalue weighted by Gasteiger charge is -2.27. The number of anilines is 1. The van der Waals surface area contributed by atoms with Crippen molar-refractivity contribution in [3.05, 3.63) is 101 Å². The topological polar surface area (TPSA) is 71.4 Å². The van der Waals surface area contributed by atoms with Crippen molar-refractivity contribution in [3.63, 3.8) is 0 Å². The summed E-state index contributed by atoms with van der Waals surface area (Å²) in [7, 11) is 0. The van der Waals surface area contributed by atoms with Crippen LogP contribution in [0.3, 0.4) is 0 Å². The molecule has 5 rings (SSSR count). The molecule has 6 heteroatoms. The fourth-order valence-electron chi connectivity index (χ4n) is 4.49. The maximum atomic E-state index is 13.3. The fraction of sp³-hybridized carbons (Fsp3) is 0.107. The number of nitrogens with zero attached hydrogens (tertiary/aromatic N) is 2. The highest BCUT2D eigenvalue weighted by Gasteiger charge is 2.37. The van der Waals surface area contributed by atoms with Crippen molar-refractivity contribution in [3.8, 4) is 5.69 Å². The highest BCUT2D eigenvalue weighted by molar-refractivity contribution is 6.39. The van der Waals surface area contributed by atoms with E-state index in [1.54, 1.807) is 18.2 Å². The smallest absolute Gasteiger partial charge is 0.318 e. The van der Waals surface area contributed by atoms with Crippen molar-refractivity contribution in [2.75, 3.05) is 4.90 Å². The lowest BCUT2D eigenvalue weighted by atomic mass is 10.1. The molecule has 4 amide bonds. The van der Waals surface area contributed by atoms with Gasteiger partial charge in [0.05, 0.1) is 5.69 Å². The summed E-state index contributed by atoms with van der Waals surface area (Å²) in [6.45, 7) is 5.74. The summed E-state index contributed by atoms with van der Waals surface area (Å²) in [5.74, 6) is -1.34. The van der Waals surface area contributed by atoms with Crippen molar-refractivity contribution in [1.82, 2.24) is 9.88 Å². The molecule has 168 valence electrons. The van der Waals surface area contributed by atoms with Gasteiger partial charge in [-0.3, -0.25) is 14.9 Å². The molecule has 2 heterocycles. The summed E-state index contributed by atoms with van der Waals surface area (Å²) in [4.78, 5) is 39.5. The molecule has 34 heavy (non-hydrogen) atoms. The Balaban J connectivity index is 1.57. The van der Waals surface area contributed by atoms with Crippen LogP contribution < -0.4 is 10.2 Å². The van der Waals surface area contributed by atoms with E-state index >= 15 is 0 Å². The van der Waals surface area contributed by atoms with Gasteiger partial charge in [-0.2, -0.15) is 0 Å². The number of aromatic nitrogens is 1. The van der Waals surface area contributed by atoms with Crippen molar-refractivity contribution in [1.29, 1.82) is 0 Å². The van der Waals surface area contributed by atoms with Gasteiger partial charge in [0.25, 0.3) is 11.8 Å². The predicted octanol–water partition coefficient (Wildman–Crippen LogP) is 5.22. The van der Waals surface area contributed by atoms with Crippen LogP contribution in [-0.4, -0.2) is 22.4 Å². The molecule has 1 N–H and O–H groups in total. The summed E-state index contributed by atoms with van der Waals surface area (Å²) in [5, 5.41) is 4.58. The molecule has 1 aliphatic rings. The summed E-state index contributed by atoms with van der Waals surface area (Å²) < 4.78 is 2.09. The third kappa shape index (κ3) is 3.49. The number of rotatable bonds is 3. The summed E-state index contributed by atoms with van der Waals surface area (Å²) in [6, 6.07) is 22.7. The Bertz CT molecular complexity index is 1530. The molecule has 0 bridgehead atoms. The summed E-state index contributed by atoms with van der Waals surface area (Å²) >= 11 is 0. The number of hydrogen-bond donors (Lipinski definition) is 1. The number of amides is 4. The zero-order valence-electron chi connectivity index (χ0n) is 19.1.